The molecule has 150 valence electrons. The van der Waals surface area contributed by atoms with Crippen molar-refractivity contribution in [3.63, 3.8) is 0 Å². The second-order valence-corrected chi connectivity index (χ2v) is 6.42. The molecule has 0 heterocycles. The number of guanidine groups is 1. The Kier molecular flexibility index (Phi) is 15.8. The Balaban J connectivity index is 0.00000625. The number of aliphatic imine (C=N–C) groups is 1. The molecule has 7 heteroatoms. The predicted molar refractivity (Wildman–Crippen MR) is 125 cm³/mol. The first-order valence-electron chi connectivity index (χ1n) is 9.14. The van der Waals surface area contributed by atoms with Crippen molar-refractivity contribution in [2.24, 2.45) is 4.99 Å². The number of benzene rings is 1. The first kappa shape index (κ1) is 25.2. The molecule has 0 aromatic heterocycles. The number of thioether (sulfide) groups is 1. The molecule has 0 unspecified atom stereocenters. The van der Waals surface area contributed by atoms with Gasteiger partial charge in [0.15, 0.2) is 17.5 Å². The second kappa shape index (κ2) is 16.4. The van der Waals surface area contributed by atoms with Crippen molar-refractivity contribution in [1.82, 2.24) is 10.6 Å². The number of hydrogen-bond acceptors (Lipinski definition) is 4. The zero-order chi connectivity index (χ0) is 18.3. The molecule has 1 aromatic carbocycles. The lowest BCUT2D eigenvalue weighted by molar-refractivity contribution is 0.287. The Hall–Kier alpha value is -0.830. The largest absolute Gasteiger partial charge is 0.490 e. The number of halogens is 1. The average molecular weight is 495 g/mol. The molecule has 0 saturated carbocycles. The minimum Gasteiger partial charge on any atom is -0.490 e. The summed E-state index contributed by atoms with van der Waals surface area (Å²) in [6.07, 6.45) is 4.14. The van der Waals surface area contributed by atoms with E-state index in [2.05, 4.69) is 40.9 Å². The van der Waals surface area contributed by atoms with Crippen molar-refractivity contribution in [2.75, 3.05) is 44.9 Å². The summed E-state index contributed by atoms with van der Waals surface area (Å²) < 4.78 is 11.3. The van der Waals surface area contributed by atoms with E-state index in [4.69, 9.17) is 9.47 Å². The molecule has 0 atom stereocenters. The van der Waals surface area contributed by atoms with Gasteiger partial charge in [-0.2, -0.15) is 11.8 Å². The van der Waals surface area contributed by atoms with Gasteiger partial charge in [0.1, 0.15) is 0 Å². The highest BCUT2D eigenvalue weighted by Gasteiger charge is 2.06. The molecule has 0 bridgehead atoms. The van der Waals surface area contributed by atoms with Crippen LogP contribution in [0.25, 0.3) is 0 Å². The highest BCUT2D eigenvalue weighted by molar-refractivity contribution is 14.0. The number of nitrogens with one attached hydrogen (secondary N) is 2. The molecule has 1 aromatic rings. The molecule has 0 radical (unpaired) electrons. The molecule has 2 N–H and O–H groups in total. The number of hydrogen-bond donors (Lipinski definition) is 2. The monoisotopic (exact) mass is 495 g/mol. The van der Waals surface area contributed by atoms with E-state index in [1.807, 2.05) is 31.7 Å². The van der Waals surface area contributed by atoms with Crippen LogP contribution >= 0.6 is 35.7 Å². The fraction of sp³-hybridized carbons (Fsp3) is 0.632. The van der Waals surface area contributed by atoms with E-state index in [-0.39, 0.29) is 24.0 Å². The van der Waals surface area contributed by atoms with Crippen LogP contribution in [0.1, 0.15) is 32.8 Å². The van der Waals surface area contributed by atoms with Crippen LogP contribution < -0.4 is 20.1 Å². The molecule has 0 aliphatic heterocycles. The van der Waals surface area contributed by atoms with Gasteiger partial charge in [-0.3, -0.25) is 4.99 Å². The van der Waals surface area contributed by atoms with Crippen molar-refractivity contribution >= 4 is 41.7 Å². The van der Waals surface area contributed by atoms with Crippen LogP contribution in [0.3, 0.4) is 0 Å². The van der Waals surface area contributed by atoms with Crippen LogP contribution in [0.15, 0.2) is 23.2 Å². The molecular formula is C19H34IN3O2S. The van der Waals surface area contributed by atoms with Crippen molar-refractivity contribution in [2.45, 2.75) is 33.6 Å². The molecule has 1 rings (SSSR count). The third-order valence-electron chi connectivity index (χ3n) is 3.43. The Labute approximate surface area is 180 Å². The predicted octanol–water partition coefficient (Wildman–Crippen LogP) is 3.95. The van der Waals surface area contributed by atoms with Gasteiger partial charge in [0.05, 0.1) is 13.2 Å². The van der Waals surface area contributed by atoms with Crippen LogP contribution in [0.4, 0.5) is 0 Å². The molecule has 0 aliphatic carbocycles. The van der Waals surface area contributed by atoms with Gasteiger partial charge in [-0.1, -0.05) is 6.07 Å². The summed E-state index contributed by atoms with van der Waals surface area (Å²) in [5, 5.41) is 6.69. The number of nitrogens with zero attached hydrogens (tertiary/aromatic N) is 1. The van der Waals surface area contributed by atoms with Crippen LogP contribution in [-0.4, -0.2) is 50.8 Å². The lowest BCUT2D eigenvalue weighted by Gasteiger charge is -2.14. The van der Waals surface area contributed by atoms with E-state index in [0.29, 0.717) is 13.2 Å². The van der Waals surface area contributed by atoms with Crippen molar-refractivity contribution < 1.29 is 9.47 Å². The number of ether oxygens (including phenoxy) is 2. The Morgan fingerprint density at radius 2 is 1.81 bits per heavy atom. The zero-order valence-electron chi connectivity index (χ0n) is 16.5. The Morgan fingerprint density at radius 1 is 1.08 bits per heavy atom. The van der Waals surface area contributed by atoms with Gasteiger partial charge in [-0.25, -0.2) is 0 Å². The van der Waals surface area contributed by atoms with Crippen LogP contribution in [-0.2, 0) is 6.42 Å². The van der Waals surface area contributed by atoms with Gasteiger partial charge in [0.2, 0.25) is 0 Å². The smallest absolute Gasteiger partial charge is 0.191 e. The average Bonchev–Trinajstić information content (AvgIpc) is 2.61. The van der Waals surface area contributed by atoms with Gasteiger partial charge in [0, 0.05) is 19.6 Å². The summed E-state index contributed by atoms with van der Waals surface area (Å²) in [4.78, 5) is 4.60. The van der Waals surface area contributed by atoms with Gasteiger partial charge in [0.25, 0.3) is 0 Å². The minimum atomic E-state index is 0. The lowest BCUT2D eigenvalue weighted by atomic mass is 10.1. The normalized spacial score (nSPS) is 10.8. The third kappa shape index (κ3) is 10.4. The van der Waals surface area contributed by atoms with Gasteiger partial charge >= 0.3 is 0 Å². The second-order valence-electron chi connectivity index (χ2n) is 5.43. The van der Waals surface area contributed by atoms with Crippen LogP contribution in [0.5, 0.6) is 11.5 Å². The first-order chi connectivity index (χ1) is 12.2. The quantitative estimate of drug-likeness (QED) is 0.199. The van der Waals surface area contributed by atoms with E-state index in [9.17, 15) is 0 Å². The molecule has 0 saturated heterocycles. The molecule has 0 amide bonds. The first-order valence-corrected chi connectivity index (χ1v) is 10.5. The topological polar surface area (TPSA) is 54.9 Å². The fourth-order valence-corrected chi connectivity index (χ4v) is 2.74. The summed E-state index contributed by atoms with van der Waals surface area (Å²) in [6, 6.07) is 6.15. The highest BCUT2D eigenvalue weighted by Crippen LogP contribution is 2.28. The molecule has 0 fully saturated rings. The molecule has 5 nitrogen and oxygen atoms in total. The van der Waals surface area contributed by atoms with Gasteiger partial charge in [-0.15, -0.1) is 24.0 Å². The molecule has 0 spiro atoms. The molecular weight excluding hydrogens is 461 g/mol. The maximum Gasteiger partial charge on any atom is 0.191 e. The summed E-state index contributed by atoms with van der Waals surface area (Å²) in [6.45, 7) is 9.87. The Morgan fingerprint density at radius 3 is 2.46 bits per heavy atom. The minimum absolute atomic E-state index is 0. The highest BCUT2D eigenvalue weighted by atomic mass is 127. The maximum absolute atomic E-state index is 5.69. The van der Waals surface area contributed by atoms with E-state index in [1.54, 1.807) is 0 Å². The van der Waals surface area contributed by atoms with E-state index >= 15 is 0 Å². The lowest BCUT2D eigenvalue weighted by Crippen LogP contribution is -2.38. The van der Waals surface area contributed by atoms with Crippen molar-refractivity contribution in [3.05, 3.63) is 23.8 Å². The third-order valence-corrected chi connectivity index (χ3v) is 4.13. The Bertz CT molecular complexity index is 516. The maximum atomic E-state index is 5.69. The zero-order valence-corrected chi connectivity index (χ0v) is 19.6. The fourth-order valence-electron chi connectivity index (χ4n) is 2.32. The van der Waals surface area contributed by atoms with Crippen molar-refractivity contribution in [3.8, 4) is 11.5 Å². The molecule has 0 aliphatic rings. The van der Waals surface area contributed by atoms with E-state index in [1.165, 1.54) is 5.56 Å². The summed E-state index contributed by atoms with van der Waals surface area (Å²) in [5.41, 5.74) is 1.22. The van der Waals surface area contributed by atoms with Gasteiger partial charge < -0.3 is 20.1 Å². The molecule has 26 heavy (non-hydrogen) atoms. The van der Waals surface area contributed by atoms with Crippen LogP contribution in [0.2, 0.25) is 0 Å². The SMILES string of the molecule is CCNC(=NCCCSC)NCCc1ccc(OCC)c(OCC)c1.I. The van der Waals surface area contributed by atoms with E-state index in [0.717, 1.165) is 55.7 Å². The summed E-state index contributed by atoms with van der Waals surface area (Å²) >= 11 is 1.86. The van der Waals surface area contributed by atoms with E-state index < -0.39 is 0 Å². The van der Waals surface area contributed by atoms with Crippen LogP contribution in [0, 0.1) is 0 Å². The standard InChI is InChI=1S/C19H33N3O2S.HI/c1-5-20-19(21-12-8-14-25-4)22-13-11-16-9-10-17(23-6-2)18(15-16)24-7-3;/h9-10,15H,5-8,11-14H2,1-4H3,(H2,20,21,22);1H. The van der Waals surface area contributed by atoms with Gasteiger partial charge in [-0.05, 0) is 63.3 Å². The summed E-state index contributed by atoms with van der Waals surface area (Å²) in [7, 11) is 0. The summed E-state index contributed by atoms with van der Waals surface area (Å²) in [5.74, 6) is 3.67. The van der Waals surface area contributed by atoms with Crippen molar-refractivity contribution in [1.29, 1.82) is 0 Å². The number of rotatable bonds is 12.